The van der Waals surface area contributed by atoms with Gasteiger partial charge in [0.1, 0.15) is 0 Å². The van der Waals surface area contributed by atoms with Gasteiger partial charge in [-0.15, -0.1) is 0 Å². The van der Waals surface area contributed by atoms with Crippen molar-refractivity contribution in [3.05, 3.63) is 0 Å². The van der Waals surface area contributed by atoms with Gasteiger partial charge in [-0.3, -0.25) is 4.90 Å². The monoisotopic (exact) mass is 196 g/mol. The van der Waals surface area contributed by atoms with E-state index in [4.69, 9.17) is 0 Å². The Hall–Kier alpha value is -0.0800. The molecule has 3 unspecified atom stereocenters. The van der Waals surface area contributed by atoms with Gasteiger partial charge in [-0.05, 0) is 58.7 Å². The van der Waals surface area contributed by atoms with E-state index in [0.717, 1.165) is 18.0 Å². The largest absolute Gasteiger partial charge is 0.319 e. The van der Waals surface area contributed by atoms with E-state index >= 15 is 0 Å². The predicted molar refractivity (Wildman–Crippen MR) is 60.5 cm³/mol. The molecule has 1 heterocycles. The molecule has 0 aromatic rings. The van der Waals surface area contributed by atoms with Crippen molar-refractivity contribution < 1.29 is 0 Å². The molecule has 82 valence electrons. The third-order valence-electron chi connectivity index (χ3n) is 4.12. The molecule has 2 rings (SSSR count). The van der Waals surface area contributed by atoms with Gasteiger partial charge in [-0.2, -0.15) is 0 Å². The van der Waals surface area contributed by atoms with E-state index in [1.54, 1.807) is 0 Å². The van der Waals surface area contributed by atoms with Crippen molar-refractivity contribution >= 4 is 0 Å². The standard InChI is InChI=1S/C12H24N2/c1-10-5-4-8-14(10)12-7-3-6-11(12)9-13-2/h10-13H,3-9H2,1-2H3. The van der Waals surface area contributed by atoms with Crippen LogP contribution < -0.4 is 5.32 Å². The van der Waals surface area contributed by atoms with Crippen LogP contribution in [0.2, 0.25) is 0 Å². The zero-order valence-corrected chi connectivity index (χ0v) is 9.63. The van der Waals surface area contributed by atoms with Crippen LogP contribution in [0.4, 0.5) is 0 Å². The molecular formula is C12H24N2. The lowest BCUT2D eigenvalue weighted by Gasteiger charge is -2.32. The minimum absolute atomic E-state index is 0.845. The number of likely N-dealkylation sites (tertiary alicyclic amines) is 1. The van der Waals surface area contributed by atoms with Gasteiger partial charge in [0.05, 0.1) is 0 Å². The van der Waals surface area contributed by atoms with Crippen molar-refractivity contribution in [1.29, 1.82) is 0 Å². The Kier molecular flexibility index (Phi) is 3.45. The molecule has 1 aliphatic carbocycles. The molecule has 1 N–H and O–H groups in total. The highest BCUT2D eigenvalue weighted by molar-refractivity contribution is 4.90. The van der Waals surface area contributed by atoms with Crippen molar-refractivity contribution in [2.75, 3.05) is 20.1 Å². The quantitative estimate of drug-likeness (QED) is 0.741. The molecule has 0 spiro atoms. The van der Waals surface area contributed by atoms with E-state index in [2.05, 4.69) is 24.2 Å². The molecule has 0 amide bonds. The van der Waals surface area contributed by atoms with Gasteiger partial charge in [-0.1, -0.05) is 6.42 Å². The molecule has 0 radical (unpaired) electrons. The SMILES string of the molecule is CNCC1CCCC1N1CCCC1C. The van der Waals surface area contributed by atoms with E-state index in [1.165, 1.54) is 45.2 Å². The van der Waals surface area contributed by atoms with Crippen molar-refractivity contribution in [3.8, 4) is 0 Å². The normalized spacial score (nSPS) is 39.4. The molecule has 0 aromatic carbocycles. The first-order valence-electron chi connectivity index (χ1n) is 6.23. The van der Waals surface area contributed by atoms with Crippen molar-refractivity contribution in [2.45, 2.75) is 51.1 Å². The number of rotatable bonds is 3. The highest BCUT2D eigenvalue weighted by Gasteiger charge is 2.35. The van der Waals surface area contributed by atoms with Crippen LogP contribution in [0.5, 0.6) is 0 Å². The van der Waals surface area contributed by atoms with E-state index in [1.807, 2.05) is 0 Å². The van der Waals surface area contributed by atoms with Crippen molar-refractivity contribution in [3.63, 3.8) is 0 Å². The van der Waals surface area contributed by atoms with Gasteiger partial charge in [0.25, 0.3) is 0 Å². The molecule has 0 bridgehead atoms. The summed E-state index contributed by atoms with van der Waals surface area (Å²) in [7, 11) is 2.09. The maximum absolute atomic E-state index is 3.35. The summed E-state index contributed by atoms with van der Waals surface area (Å²) < 4.78 is 0. The first kappa shape index (κ1) is 10.4. The van der Waals surface area contributed by atoms with Gasteiger partial charge in [0.15, 0.2) is 0 Å². The number of hydrogen-bond donors (Lipinski definition) is 1. The fourth-order valence-corrected chi connectivity index (χ4v) is 3.40. The topological polar surface area (TPSA) is 15.3 Å². The average molecular weight is 196 g/mol. The second kappa shape index (κ2) is 4.63. The number of nitrogens with zero attached hydrogens (tertiary/aromatic N) is 1. The molecule has 14 heavy (non-hydrogen) atoms. The van der Waals surface area contributed by atoms with Crippen LogP contribution in [0, 0.1) is 5.92 Å². The molecule has 1 saturated carbocycles. The Morgan fingerprint density at radius 1 is 1.21 bits per heavy atom. The fraction of sp³-hybridized carbons (Fsp3) is 1.00. The summed E-state index contributed by atoms with van der Waals surface area (Å²) in [4.78, 5) is 2.77. The number of nitrogens with one attached hydrogen (secondary N) is 1. The molecule has 2 heteroatoms. The Morgan fingerprint density at radius 2 is 2.07 bits per heavy atom. The zero-order valence-electron chi connectivity index (χ0n) is 9.63. The van der Waals surface area contributed by atoms with Crippen LogP contribution in [-0.4, -0.2) is 37.1 Å². The van der Waals surface area contributed by atoms with Crippen LogP contribution in [0.3, 0.4) is 0 Å². The molecule has 1 saturated heterocycles. The van der Waals surface area contributed by atoms with E-state index in [0.29, 0.717) is 0 Å². The minimum atomic E-state index is 0.845. The maximum Gasteiger partial charge on any atom is 0.0138 e. The Labute approximate surface area is 88.1 Å². The van der Waals surface area contributed by atoms with Crippen molar-refractivity contribution in [1.82, 2.24) is 10.2 Å². The van der Waals surface area contributed by atoms with Crippen LogP contribution in [0.15, 0.2) is 0 Å². The average Bonchev–Trinajstić information content (AvgIpc) is 2.74. The molecular weight excluding hydrogens is 172 g/mol. The Balaban J connectivity index is 1.94. The first-order valence-corrected chi connectivity index (χ1v) is 6.23. The summed E-state index contributed by atoms with van der Waals surface area (Å²) in [5.74, 6) is 0.917. The summed E-state index contributed by atoms with van der Waals surface area (Å²) in [6, 6.07) is 1.73. The van der Waals surface area contributed by atoms with Gasteiger partial charge in [-0.25, -0.2) is 0 Å². The molecule has 0 aromatic heterocycles. The highest BCUT2D eigenvalue weighted by atomic mass is 15.2. The molecule has 3 atom stereocenters. The summed E-state index contributed by atoms with van der Waals surface area (Å²) in [5.41, 5.74) is 0. The van der Waals surface area contributed by atoms with Gasteiger partial charge >= 0.3 is 0 Å². The van der Waals surface area contributed by atoms with E-state index < -0.39 is 0 Å². The first-order chi connectivity index (χ1) is 6.83. The summed E-state index contributed by atoms with van der Waals surface area (Å²) in [6.07, 6.45) is 7.17. The summed E-state index contributed by atoms with van der Waals surface area (Å²) >= 11 is 0. The molecule has 1 aliphatic heterocycles. The van der Waals surface area contributed by atoms with E-state index in [9.17, 15) is 0 Å². The highest BCUT2D eigenvalue weighted by Crippen LogP contribution is 2.33. The third kappa shape index (κ3) is 1.96. The van der Waals surface area contributed by atoms with E-state index in [-0.39, 0.29) is 0 Å². The molecule has 2 aliphatic rings. The van der Waals surface area contributed by atoms with Gasteiger partial charge in [0.2, 0.25) is 0 Å². The summed E-state index contributed by atoms with van der Waals surface area (Å²) in [6.45, 7) is 4.97. The second-order valence-corrected chi connectivity index (χ2v) is 5.05. The fourth-order valence-electron chi connectivity index (χ4n) is 3.40. The lowest BCUT2D eigenvalue weighted by Crippen LogP contribution is -2.42. The van der Waals surface area contributed by atoms with Crippen LogP contribution in [0.1, 0.15) is 39.0 Å². The Bertz CT molecular complexity index is 181. The molecule has 2 nitrogen and oxygen atoms in total. The Morgan fingerprint density at radius 3 is 2.71 bits per heavy atom. The van der Waals surface area contributed by atoms with Crippen LogP contribution >= 0.6 is 0 Å². The lowest BCUT2D eigenvalue weighted by molar-refractivity contribution is 0.153. The van der Waals surface area contributed by atoms with Crippen LogP contribution in [0.25, 0.3) is 0 Å². The molecule has 2 fully saturated rings. The van der Waals surface area contributed by atoms with Gasteiger partial charge < -0.3 is 5.32 Å². The predicted octanol–water partition coefficient (Wildman–Crippen LogP) is 1.86. The zero-order chi connectivity index (χ0) is 9.97. The van der Waals surface area contributed by atoms with Gasteiger partial charge in [0, 0.05) is 12.1 Å². The minimum Gasteiger partial charge on any atom is -0.319 e. The second-order valence-electron chi connectivity index (χ2n) is 5.05. The van der Waals surface area contributed by atoms with Crippen molar-refractivity contribution in [2.24, 2.45) is 5.92 Å². The smallest absolute Gasteiger partial charge is 0.0138 e. The lowest BCUT2D eigenvalue weighted by atomic mass is 10.0. The third-order valence-corrected chi connectivity index (χ3v) is 4.12. The maximum atomic E-state index is 3.35. The summed E-state index contributed by atoms with van der Waals surface area (Å²) in [5, 5.41) is 3.35. The number of hydrogen-bond acceptors (Lipinski definition) is 2. The van der Waals surface area contributed by atoms with Crippen LogP contribution in [-0.2, 0) is 0 Å².